The molecule has 33 heavy (non-hydrogen) atoms. The van der Waals surface area contributed by atoms with E-state index >= 15 is 0 Å². The maximum atomic E-state index is 13.4. The van der Waals surface area contributed by atoms with Gasteiger partial charge in [0.25, 0.3) is 5.69 Å². The molecular formula is C22H16ClN5O5. The number of fused-ring (bicyclic) bond motifs is 3. The Balaban J connectivity index is 1.48. The molecule has 2 fully saturated rings. The van der Waals surface area contributed by atoms with Crippen molar-refractivity contribution in [3.63, 3.8) is 0 Å². The highest BCUT2D eigenvalue weighted by atomic mass is 35.5. The number of hydrazone groups is 1. The smallest absolute Gasteiger partial charge is 0.269 e. The van der Waals surface area contributed by atoms with Gasteiger partial charge >= 0.3 is 0 Å². The number of benzene rings is 2. The van der Waals surface area contributed by atoms with Crippen molar-refractivity contribution in [2.75, 3.05) is 10.2 Å². The largest absolute Gasteiger partial charge is 0.324 e. The Morgan fingerprint density at radius 1 is 1.03 bits per heavy atom. The first kappa shape index (κ1) is 20.8. The quantitative estimate of drug-likeness (QED) is 0.420. The van der Waals surface area contributed by atoms with Gasteiger partial charge in [0.2, 0.25) is 17.7 Å². The Hall–Kier alpha value is -4.05. The van der Waals surface area contributed by atoms with E-state index in [1.807, 2.05) is 0 Å². The number of allylic oxidation sites excluding steroid dienone is 1. The van der Waals surface area contributed by atoms with Crippen LogP contribution in [0.2, 0.25) is 5.02 Å². The van der Waals surface area contributed by atoms with Crippen LogP contribution in [0, 0.1) is 22.0 Å². The molecule has 10 nitrogen and oxygen atoms in total. The van der Waals surface area contributed by atoms with Gasteiger partial charge in [-0.2, -0.15) is 5.10 Å². The number of imide groups is 1. The van der Waals surface area contributed by atoms with Crippen LogP contribution in [0.15, 0.2) is 65.8 Å². The topological polar surface area (TPSA) is 125 Å². The zero-order valence-corrected chi connectivity index (χ0v) is 17.6. The molecule has 11 heteroatoms. The highest BCUT2D eigenvalue weighted by Gasteiger charge is 2.64. The predicted molar refractivity (Wildman–Crippen MR) is 120 cm³/mol. The summed E-state index contributed by atoms with van der Waals surface area (Å²) in [7, 11) is 0. The standard InChI is InChI=1S/C22H16ClN5O5/c23-12-3-5-13(6-4-12)25-20(29)19-18-17(16-2-1-11-24-27(16)19)21(30)26(22(18)31)14-7-9-15(10-8-14)28(32)33/h1-11,16-19H,(H,25,29)/t16-,17+,18+,19-/m0/s1. The van der Waals surface area contributed by atoms with Gasteiger partial charge < -0.3 is 5.32 Å². The second kappa shape index (κ2) is 7.82. The van der Waals surface area contributed by atoms with Gasteiger partial charge in [-0.3, -0.25) is 29.5 Å². The van der Waals surface area contributed by atoms with E-state index in [2.05, 4.69) is 10.4 Å². The molecule has 0 spiro atoms. The Morgan fingerprint density at radius 2 is 1.70 bits per heavy atom. The van der Waals surface area contributed by atoms with E-state index in [1.54, 1.807) is 36.4 Å². The normalized spacial score (nSPS) is 25.2. The number of rotatable bonds is 4. The summed E-state index contributed by atoms with van der Waals surface area (Å²) in [6.07, 6.45) is 4.91. The van der Waals surface area contributed by atoms with Crippen molar-refractivity contribution >= 4 is 52.6 Å². The zero-order valence-electron chi connectivity index (χ0n) is 16.9. The molecule has 0 saturated carbocycles. The third-order valence-corrected chi connectivity index (χ3v) is 6.24. The minimum atomic E-state index is -1.02. The molecule has 0 bridgehead atoms. The summed E-state index contributed by atoms with van der Waals surface area (Å²) in [5.74, 6) is -3.29. The molecule has 4 atom stereocenters. The molecule has 0 unspecified atom stereocenters. The molecule has 0 radical (unpaired) electrons. The van der Waals surface area contributed by atoms with Crippen LogP contribution in [0.5, 0.6) is 0 Å². The number of hydrogen-bond donors (Lipinski definition) is 1. The van der Waals surface area contributed by atoms with Gasteiger partial charge in [0.05, 0.1) is 28.5 Å². The number of anilines is 2. The molecule has 2 saturated heterocycles. The lowest BCUT2D eigenvalue weighted by atomic mass is 9.88. The Labute approximate surface area is 192 Å². The average molecular weight is 466 g/mol. The highest BCUT2D eigenvalue weighted by molar-refractivity contribution is 6.30. The first-order valence-electron chi connectivity index (χ1n) is 10.0. The first-order chi connectivity index (χ1) is 15.9. The molecule has 0 aromatic heterocycles. The SMILES string of the molecule is O=C(Nc1ccc(Cl)cc1)[C@@H]1[C@@H]2C(=O)N(c3ccc([N+](=O)[O-])cc3)C(=O)[C@@H]2[C@@H]2C=CC=NN12. The van der Waals surface area contributed by atoms with Gasteiger partial charge in [0, 0.05) is 29.1 Å². The number of carbonyl (C=O) groups excluding carboxylic acids is 3. The molecule has 3 aliphatic rings. The maximum Gasteiger partial charge on any atom is 0.269 e. The van der Waals surface area contributed by atoms with Crippen molar-refractivity contribution in [3.05, 3.63) is 75.8 Å². The van der Waals surface area contributed by atoms with Crippen molar-refractivity contribution in [1.82, 2.24) is 5.01 Å². The lowest BCUT2D eigenvalue weighted by molar-refractivity contribution is -0.384. The van der Waals surface area contributed by atoms with Crippen molar-refractivity contribution in [2.45, 2.75) is 12.1 Å². The summed E-state index contributed by atoms with van der Waals surface area (Å²) in [6, 6.07) is 10.1. The predicted octanol–water partition coefficient (Wildman–Crippen LogP) is 2.60. The fraction of sp³-hybridized carbons (Fsp3) is 0.182. The van der Waals surface area contributed by atoms with Crippen LogP contribution in [0.4, 0.5) is 17.1 Å². The van der Waals surface area contributed by atoms with Gasteiger partial charge in [-0.15, -0.1) is 0 Å². The van der Waals surface area contributed by atoms with Gasteiger partial charge in [-0.1, -0.05) is 17.7 Å². The molecule has 3 amide bonds. The third kappa shape index (κ3) is 3.35. The van der Waals surface area contributed by atoms with Crippen LogP contribution < -0.4 is 10.2 Å². The number of nitro benzene ring substituents is 1. The third-order valence-electron chi connectivity index (χ3n) is 5.99. The lowest BCUT2D eigenvalue weighted by Gasteiger charge is -2.30. The molecule has 166 valence electrons. The molecule has 0 aliphatic carbocycles. The Morgan fingerprint density at radius 3 is 2.36 bits per heavy atom. The van der Waals surface area contributed by atoms with Crippen LogP contribution in [0.25, 0.3) is 0 Å². The minimum absolute atomic E-state index is 0.158. The molecule has 1 N–H and O–H groups in total. The average Bonchev–Trinajstić information content (AvgIpc) is 3.28. The number of halogens is 1. The fourth-order valence-electron chi connectivity index (χ4n) is 4.56. The van der Waals surface area contributed by atoms with Crippen LogP contribution in [0.1, 0.15) is 0 Å². The molecule has 5 rings (SSSR count). The minimum Gasteiger partial charge on any atom is -0.324 e. The Bertz CT molecular complexity index is 1230. The van der Waals surface area contributed by atoms with Crippen LogP contribution in [0.3, 0.4) is 0 Å². The molecule has 3 aliphatic heterocycles. The number of nitro groups is 1. The number of nitrogens with zero attached hydrogens (tertiary/aromatic N) is 4. The maximum absolute atomic E-state index is 13.4. The molecule has 2 aromatic rings. The summed E-state index contributed by atoms with van der Waals surface area (Å²) in [5.41, 5.74) is 0.551. The number of amides is 3. The summed E-state index contributed by atoms with van der Waals surface area (Å²) < 4.78 is 0. The number of nitrogens with one attached hydrogen (secondary N) is 1. The first-order valence-corrected chi connectivity index (χ1v) is 10.4. The van der Waals surface area contributed by atoms with Crippen molar-refractivity contribution in [1.29, 1.82) is 0 Å². The summed E-state index contributed by atoms with van der Waals surface area (Å²) in [4.78, 5) is 51.4. The van der Waals surface area contributed by atoms with Crippen molar-refractivity contribution in [3.8, 4) is 0 Å². The number of non-ortho nitro benzene ring substituents is 1. The summed E-state index contributed by atoms with van der Waals surface area (Å²) >= 11 is 5.90. The van der Waals surface area contributed by atoms with E-state index in [1.165, 1.54) is 35.5 Å². The van der Waals surface area contributed by atoms with E-state index in [-0.39, 0.29) is 11.4 Å². The van der Waals surface area contributed by atoms with E-state index in [9.17, 15) is 24.5 Å². The van der Waals surface area contributed by atoms with E-state index < -0.39 is 46.6 Å². The molecule has 3 heterocycles. The number of hydrogen-bond acceptors (Lipinski definition) is 7. The van der Waals surface area contributed by atoms with Gasteiger partial charge in [-0.25, -0.2) is 4.90 Å². The van der Waals surface area contributed by atoms with Gasteiger partial charge in [0.1, 0.15) is 6.04 Å². The van der Waals surface area contributed by atoms with Crippen LogP contribution >= 0.6 is 11.6 Å². The molecule has 2 aromatic carbocycles. The van der Waals surface area contributed by atoms with Crippen LogP contribution in [-0.2, 0) is 14.4 Å². The summed E-state index contributed by atoms with van der Waals surface area (Å²) in [6.45, 7) is 0. The van der Waals surface area contributed by atoms with E-state index in [0.717, 1.165) is 4.90 Å². The Kier molecular flexibility index (Phi) is 4.94. The van der Waals surface area contributed by atoms with Crippen molar-refractivity contribution < 1.29 is 19.3 Å². The fourth-order valence-corrected chi connectivity index (χ4v) is 4.69. The van der Waals surface area contributed by atoms with Crippen molar-refractivity contribution in [2.24, 2.45) is 16.9 Å². The lowest BCUT2D eigenvalue weighted by Crippen LogP contribution is -2.47. The van der Waals surface area contributed by atoms with E-state index in [0.29, 0.717) is 10.7 Å². The van der Waals surface area contributed by atoms with Crippen LogP contribution in [-0.4, -0.2) is 46.0 Å². The van der Waals surface area contributed by atoms with Gasteiger partial charge in [-0.05, 0) is 42.5 Å². The zero-order chi connectivity index (χ0) is 23.3. The highest BCUT2D eigenvalue weighted by Crippen LogP contribution is 2.45. The summed E-state index contributed by atoms with van der Waals surface area (Å²) in [5, 5.41) is 20.0. The van der Waals surface area contributed by atoms with Gasteiger partial charge in [0.15, 0.2) is 0 Å². The monoisotopic (exact) mass is 465 g/mol. The number of carbonyl (C=O) groups is 3. The second-order valence-corrected chi connectivity index (χ2v) is 8.23. The second-order valence-electron chi connectivity index (χ2n) is 7.80. The molecular weight excluding hydrogens is 450 g/mol. The van der Waals surface area contributed by atoms with E-state index in [4.69, 9.17) is 11.6 Å².